The summed E-state index contributed by atoms with van der Waals surface area (Å²) in [6.45, 7) is 3.88. The Balaban J connectivity index is 1.58. The van der Waals surface area contributed by atoms with Crippen LogP contribution in [-0.4, -0.2) is 17.8 Å². The second kappa shape index (κ2) is 9.61. The smallest absolute Gasteiger partial charge is 0.335 e. The average Bonchev–Trinajstić information content (AvgIpc) is 2.77. The number of carbonyl (C=O) groups is 3. The highest BCUT2D eigenvalue weighted by molar-refractivity contribution is 9.10. The number of halogens is 2. The number of aryl methyl sites for hydroxylation is 2. The molecule has 1 N–H and O–H groups in total. The molecule has 0 saturated carbocycles. The van der Waals surface area contributed by atoms with Crippen LogP contribution in [0.5, 0.6) is 5.75 Å². The van der Waals surface area contributed by atoms with Crippen molar-refractivity contribution in [3.63, 3.8) is 0 Å². The predicted molar refractivity (Wildman–Crippen MR) is 130 cm³/mol. The number of nitrogens with zero attached hydrogens (tertiary/aromatic N) is 1. The maximum Gasteiger partial charge on any atom is 0.335 e. The lowest BCUT2D eigenvalue weighted by Crippen LogP contribution is -2.54. The monoisotopic (exact) mass is 522 g/mol. The Bertz CT molecular complexity index is 1350. The highest BCUT2D eigenvalue weighted by Crippen LogP contribution is 2.29. The highest BCUT2D eigenvalue weighted by atomic mass is 79.9. The van der Waals surface area contributed by atoms with Gasteiger partial charge >= 0.3 is 6.03 Å². The number of hydrogen-bond acceptors (Lipinski definition) is 4. The zero-order valence-electron chi connectivity index (χ0n) is 18.4. The molecule has 3 aromatic carbocycles. The lowest BCUT2D eigenvalue weighted by Gasteiger charge is -2.27. The number of barbiturate groups is 1. The van der Waals surface area contributed by atoms with Crippen molar-refractivity contribution < 1.29 is 23.5 Å². The summed E-state index contributed by atoms with van der Waals surface area (Å²) in [5, 5.41) is 2.23. The molecular formula is C26H20BrFN2O4. The van der Waals surface area contributed by atoms with E-state index >= 15 is 0 Å². The minimum absolute atomic E-state index is 0.167. The third-order valence-corrected chi connectivity index (χ3v) is 5.86. The Labute approximate surface area is 204 Å². The molecule has 34 heavy (non-hydrogen) atoms. The summed E-state index contributed by atoms with van der Waals surface area (Å²) in [5.41, 5.74) is 3.20. The Kier molecular flexibility index (Phi) is 6.61. The molecule has 0 atom stereocenters. The molecule has 0 unspecified atom stereocenters. The van der Waals surface area contributed by atoms with Gasteiger partial charge in [0.2, 0.25) is 0 Å². The van der Waals surface area contributed by atoms with Gasteiger partial charge in [-0.2, -0.15) is 0 Å². The molecule has 1 saturated heterocycles. The summed E-state index contributed by atoms with van der Waals surface area (Å²) in [4.78, 5) is 39.0. The van der Waals surface area contributed by atoms with Crippen molar-refractivity contribution in [2.24, 2.45) is 0 Å². The minimum atomic E-state index is -0.790. The molecule has 6 nitrogen and oxygen atoms in total. The van der Waals surface area contributed by atoms with E-state index in [9.17, 15) is 18.8 Å². The molecule has 1 aliphatic heterocycles. The first-order chi connectivity index (χ1) is 16.2. The van der Waals surface area contributed by atoms with Crippen LogP contribution in [0.1, 0.15) is 22.3 Å². The van der Waals surface area contributed by atoms with Crippen LogP contribution >= 0.6 is 15.9 Å². The van der Waals surface area contributed by atoms with Crippen LogP contribution < -0.4 is 15.0 Å². The van der Waals surface area contributed by atoms with E-state index in [1.807, 2.05) is 13.0 Å². The summed E-state index contributed by atoms with van der Waals surface area (Å²) in [5.74, 6) is -1.30. The molecule has 4 amide bonds. The SMILES string of the molecule is Cc1ccc(N2C(=O)NC(=O)/C(=C\c3ccc(OCc4cccc(F)c4)c(Br)c3)C2=O)c(C)c1. The van der Waals surface area contributed by atoms with E-state index in [-0.39, 0.29) is 18.0 Å². The molecule has 8 heteroatoms. The van der Waals surface area contributed by atoms with Gasteiger partial charge in [0, 0.05) is 0 Å². The van der Waals surface area contributed by atoms with Gasteiger partial charge in [-0.05, 0) is 82.9 Å². The molecule has 172 valence electrons. The molecule has 0 aromatic heterocycles. The topological polar surface area (TPSA) is 75.7 Å². The van der Waals surface area contributed by atoms with Gasteiger partial charge in [-0.25, -0.2) is 14.1 Å². The van der Waals surface area contributed by atoms with Crippen LogP contribution in [0.25, 0.3) is 6.08 Å². The normalized spacial score (nSPS) is 15.0. The molecule has 3 aromatic rings. The van der Waals surface area contributed by atoms with Crippen LogP contribution in [0.15, 0.2) is 70.7 Å². The summed E-state index contributed by atoms with van der Waals surface area (Å²) in [6, 6.07) is 15.7. The molecule has 0 spiro atoms. The van der Waals surface area contributed by atoms with Crippen molar-refractivity contribution in [3.05, 3.63) is 98.8 Å². The van der Waals surface area contributed by atoms with E-state index in [0.29, 0.717) is 27.0 Å². The first-order valence-electron chi connectivity index (χ1n) is 10.4. The maximum atomic E-state index is 13.4. The number of anilines is 1. The first kappa shape index (κ1) is 23.4. The molecule has 0 bridgehead atoms. The van der Waals surface area contributed by atoms with Gasteiger partial charge < -0.3 is 4.74 Å². The number of rotatable bonds is 5. The maximum absolute atomic E-state index is 13.4. The predicted octanol–water partition coefficient (Wildman–Crippen LogP) is 5.45. The zero-order valence-corrected chi connectivity index (χ0v) is 20.0. The number of hydrogen-bond donors (Lipinski definition) is 1. The summed E-state index contributed by atoms with van der Waals surface area (Å²) >= 11 is 3.43. The van der Waals surface area contributed by atoms with E-state index in [1.165, 1.54) is 18.2 Å². The number of carbonyl (C=O) groups excluding carboxylic acids is 3. The Morgan fingerprint density at radius 1 is 1.03 bits per heavy atom. The van der Waals surface area contributed by atoms with E-state index in [4.69, 9.17) is 4.74 Å². The lowest BCUT2D eigenvalue weighted by molar-refractivity contribution is -0.122. The summed E-state index contributed by atoms with van der Waals surface area (Å²) in [7, 11) is 0. The summed E-state index contributed by atoms with van der Waals surface area (Å²) < 4.78 is 19.7. The van der Waals surface area contributed by atoms with Crippen LogP contribution in [0.4, 0.5) is 14.9 Å². The van der Waals surface area contributed by atoms with Gasteiger partial charge in [-0.15, -0.1) is 0 Å². The number of urea groups is 1. The first-order valence-corrected chi connectivity index (χ1v) is 11.2. The molecule has 0 aliphatic carbocycles. The summed E-state index contributed by atoms with van der Waals surface area (Å²) in [6.07, 6.45) is 1.42. The van der Waals surface area contributed by atoms with Crippen molar-refractivity contribution >= 4 is 45.5 Å². The van der Waals surface area contributed by atoms with Gasteiger partial charge in [0.15, 0.2) is 0 Å². The Hall–Kier alpha value is -3.78. The van der Waals surface area contributed by atoms with Crippen LogP contribution in [0.3, 0.4) is 0 Å². The Morgan fingerprint density at radius 3 is 2.53 bits per heavy atom. The average molecular weight is 523 g/mol. The van der Waals surface area contributed by atoms with E-state index < -0.39 is 17.8 Å². The largest absolute Gasteiger partial charge is 0.488 e. The van der Waals surface area contributed by atoms with Gasteiger partial charge in [0.25, 0.3) is 11.8 Å². The third-order valence-electron chi connectivity index (χ3n) is 5.25. The molecule has 4 rings (SSSR count). The number of amides is 4. The van der Waals surface area contributed by atoms with Crippen LogP contribution in [0, 0.1) is 19.7 Å². The molecule has 1 fully saturated rings. The highest BCUT2D eigenvalue weighted by Gasteiger charge is 2.37. The van der Waals surface area contributed by atoms with Crippen molar-refractivity contribution in [1.29, 1.82) is 0 Å². The van der Waals surface area contributed by atoms with Gasteiger partial charge in [0.05, 0.1) is 10.2 Å². The van der Waals surface area contributed by atoms with E-state index in [1.54, 1.807) is 49.4 Å². The molecular weight excluding hydrogens is 503 g/mol. The Morgan fingerprint density at radius 2 is 1.82 bits per heavy atom. The third kappa shape index (κ3) is 4.92. The van der Waals surface area contributed by atoms with Crippen LogP contribution in [-0.2, 0) is 16.2 Å². The fraction of sp³-hybridized carbons (Fsp3) is 0.115. The lowest BCUT2D eigenvalue weighted by atomic mass is 10.0. The van der Waals surface area contributed by atoms with E-state index in [0.717, 1.165) is 16.0 Å². The quantitative estimate of drug-likeness (QED) is 0.357. The van der Waals surface area contributed by atoms with Crippen molar-refractivity contribution in [2.75, 3.05) is 4.90 Å². The number of imide groups is 2. The molecule has 1 heterocycles. The van der Waals surface area contributed by atoms with Gasteiger partial charge in [-0.3, -0.25) is 14.9 Å². The van der Waals surface area contributed by atoms with Crippen molar-refractivity contribution in [2.45, 2.75) is 20.5 Å². The molecule has 1 aliphatic rings. The fourth-order valence-electron chi connectivity index (χ4n) is 3.61. The van der Waals surface area contributed by atoms with Gasteiger partial charge in [-0.1, -0.05) is 35.9 Å². The number of benzene rings is 3. The minimum Gasteiger partial charge on any atom is -0.488 e. The second-order valence-corrected chi connectivity index (χ2v) is 8.71. The fourth-order valence-corrected chi connectivity index (χ4v) is 4.12. The zero-order chi connectivity index (χ0) is 24.4. The number of ether oxygens (including phenoxy) is 1. The van der Waals surface area contributed by atoms with Gasteiger partial charge in [0.1, 0.15) is 23.7 Å². The molecule has 0 radical (unpaired) electrons. The second-order valence-electron chi connectivity index (χ2n) is 7.86. The van der Waals surface area contributed by atoms with Crippen molar-refractivity contribution in [1.82, 2.24) is 5.32 Å². The van der Waals surface area contributed by atoms with E-state index in [2.05, 4.69) is 21.2 Å². The number of nitrogens with one attached hydrogen (secondary N) is 1. The standard InChI is InChI=1S/C26H20BrFN2O4/c1-15-6-8-22(16(2)10-15)30-25(32)20(24(31)29-26(30)33)12-17-7-9-23(21(27)13-17)34-14-18-4-3-5-19(28)11-18/h3-13H,14H2,1-2H3,(H,29,31,33)/b20-12+. The van der Waals surface area contributed by atoms with Crippen molar-refractivity contribution in [3.8, 4) is 5.75 Å². The van der Waals surface area contributed by atoms with Crippen LogP contribution in [0.2, 0.25) is 0 Å².